The van der Waals surface area contributed by atoms with E-state index in [0.717, 1.165) is 12.1 Å². The van der Waals surface area contributed by atoms with E-state index in [1.807, 2.05) is 6.07 Å². The molecule has 0 spiro atoms. The lowest BCUT2D eigenvalue weighted by atomic mass is 9.92. The summed E-state index contributed by atoms with van der Waals surface area (Å²) in [4.78, 5) is 16.1. The first kappa shape index (κ1) is 13.0. The van der Waals surface area contributed by atoms with Crippen LogP contribution in [0.2, 0.25) is 0 Å². The molecule has 0 aliphatic heterocycles. The maximum absolute atomic E-state index is 11.9. The molecule has 0 aromatic carbocycles. The fourth-order valence-corrected chi connectivity index (χ4v) is 2.15. The summed E-state index contributed by atoms with van der Waals surface area (Å²) < 4.78 is 0. The van der Waals surface area contributed by atoms with Crippen LogP contribution in [0.15, 0.2) is 18.3 Å². The van der Waals surface area contributed by atoms with Gasteiger partial charge in [-0.25, -0.2) is 0 Å². The van der Waals surface area contributed by atoms with Gasteiger partial charge in [0.05, 0.1) is 0 Å². The summed E-state index contributed by atoms with van der Waals surface area (Å²) in [5.41, 5.74) is 7.22. The average molecular weight is 247 g/mol. The van der Waals surface area contributed by atoms with E-state index >= 15 is 0 Å². The fraction of sp³-hybridized carbons (Fsp3) is 0.571. The number of rotatable bonds is 5. The molecule has 2 rings (SSSR count). The molecule has 1 aromatic heterocycles. The van der Waals surface area contributed by atoms with Gasteiger partial charge in [-0.15, -0.1) is 0 Å². The van der Waals surface area contributed by atoms with E-state index in [4.69, 9.17) is 5.73 Å². The number of hydrogen-bond donors (Lipinski definition) is 2. The second-order valence-corrected chi connectivity index (χ2v) is 5.46. The molecule has 18 heavy (non-hydrogen) atoms. The van der Waals surface area contributed by atoms with Crippen molar-refractivity contribution < 1.29 is 4.79 Å². The van der Waals surface area contributed by atoms with Crippen LogP contribution in [0.25, 0.3) is 0 Å². The Balaban J connectivity index is 1.91. The van der Waals surface area contributed by atoms with Crippen molar-refractivity contribution in [2.75, 3.05) is 6.54 Å². The second-order valence-electron chi connectivity index (χ2n) is 5.46. The number of aromatic nitrogens is 1. The van der Waals surface area contributed by atoms with Crippen LogP contribution in [-0.2, 0) is 6.54 Å². The van der Waals surface area contributed by atoms with E-state index < -0.39 is 0 Å². The molecule has 0 unspecified atom stereocenters. The number of carbonyl (C=O) groups excluding carboxylic acids is 1. The zero-order valence-corrected chi connectivity index (χ0v) is 11.1. The van der Waals surface area contributed by atoms with Gasteiger partial charge in [0.2, 0.25) is 0 Å². The van der Waals surface area contributed by atoms with Crippen molar-refractivity contribution in [3.05, 3.63) is 29.6 Å². The summed E-state index contributed by atoms with van der Waals surface area (Å²) in [6.45, 7) is 5.63. The van der Waals surface area contributed by atoms with E-state index in [0.29, 0.717) is 23.6 Å². The van der Waals surface area contributed by atoms with Gasteiger partial charge in [0.25, 0.3) is 5.91 Å². The molecule has 0 bridgehead atoms. The first-order chi connectivity index (χ1) is 8.57. The standard InChI is InChI=1S/C14H21N3O/c1-10(2)14(5-6-14)9-17-13(18)12-4-3-11(7-15)8-16-12/h3-4,8,10H,5-7,9,15H2,1-2H3,(H,17,18). The van der Waals surface area contributed by atoms with Crippen LogP contribution in [0.3, 0.4) is 0 Å². The number of nitrogens with two attached hydrogens (primary N) is 1. The third-order valence-electron chi connectivity index (χ3n) is 4.01. The molecular weight excluding hydrogens is 226 g/mol. The van der Waals surface area contributed by atoms with Crippen molar-refractivity contribution in [2.24, 2.45) is 17.1 Å². The zero-order valence-electron chi connectivity index (χ0n) is 11.1. The highest BCUT2D eigenvalue weighted by Crippen LogP contribution is 2.51. The number of nitrogens with zero attached hydrogens (tertiary/aromatic N) is 1. The highest BCUT2D eigenvalue weighted by Gasteiger charge is 2.45. The summed E-state index contributed by atoms with van der Waals surface area (Å²) in [6.07, 6.45) is 4.08. The summed E-state index contributed by atoms with van der Waals surface area (Å²) in [5.74, 6) is 0.524. The maximum atomic E-state index is 11.9. The highest BCUT2D eigenvalue weighted by molar-refractivity contribution is 5.92. The van der Waals surface area contributed by atoms with Crippen LogP contribution < -0.4 is 11.1 Å². The van der Waals surface area contributed by atoms with Gasteiger partial charge in [-0.3, -0.25) is 9.78 Å². The van der Waals surface area contributed by atoms with E-state index in [2.05, 4.69) is 24.1 Å². The van der Waals surface area contributed by atoms with Crippen molar-refractivity contribution in [2.45, 2.75) is 33.2 Å². The van der Waals surface area contributed by atoms with Crippen molar-refractivity contribution in [3.63, 3.8) is 0 Å². The topological polar surface area (TPSA) is 68.0 Å². The monoisotopic (exact) mass is 247 g/mol. The Morgan fingerprint density at radius 2 is 2.22 bits per heavy atom. The van der Waals surface area contributed by atoms with Crippen molar-refractivity contribution in [1.82, 2.24) is 10.3 Å². The van der Waals surface area contributed by atoms with Gasteiger partial charge < -0.3 is 11.1 Å². The first-order valence-electron chi connectivity index (χ1n) is 6.50. The Bertz CT molecular complexity index is 421. The molecule has 4 nitrogen and oxygen atoms in total. The van der Waals surface area contributed by atoms with E-state index in [9.17, 15) is 4.79 Å². The smallest absolute Gasteiger partial charge is 0.269 e. The summed E-state index contributed by atoms with van der Waals surface area (Å²) in [7, 11) is 0. The Kier molecular flexibility index (Phi) is 3.66. The summed E-state index contributed by atoms with van der Waals surface area (Å²) in [6, 6.07) is 3.57. The number of nitrogens with one attached hydrogen (secondary N) is 1. The molecule has 1 aliphatic rings. The van der Waals surface area contributed by atoms with Gasteiger partial charge >= 0.3 is 0 Å². The van der Waals surface area contributed by atoms with Gasteiger partial charge in [-0.2, -0.15) is 0 Å². The third kappa shape index (κ3) is 2.70. The minimum atomic E-state index is -0.0921. The first-order valence-corrected chi connectivity index (χ1v) is 6.50. The molecule has 3 N–H and O–H groups in total. The summed E-state index contributed by atoms with van der Waals surface area (Å²) >= 11 is 0. The predicted molar refractivity (Wildman–Crippen MR) is 71.0 cm³/mol. The van der Waals surface area contributed by atoms with Crippen molar-refractivity contribution >= 4 is 5.91 Å². The van der Waals surface area contributed by atoms with Crippen molar-refractivity contribution in [1.29, 1.82) is 0 Å². The van der Waals surface area contributed by atoms with Crippen LogP contribution in [0, 0.1) is 11.3 Å². The van der Waals surface area contributed by atoms with Crippen molar-refractivity contribution in [3.8, 4) is 0 Å². The molecule has 0 saturated heterocycles. The van der Waals surface area contributed by atoms with E-state index in [-0.39, 0.29) is 5.91 Å². The van der Waals surface area contributed by atoms with Gasteiger partial charge in [0.15, 0.2) is 0 Å². The number of pyridine rings is 1. The largest absolute Gasteiger partial charge is 0.350 e. The SMILES string of the molecule is CC(C)C1(CNC(=O)c2ccc(CN)cn2)CC1. The van der Waals surface area contributed by atoms with Crippen LogP contribution in [0.5, 0.6) is 0 Å². The molecule has 1 heterocycles. The highest BCUT2D eigenvalue weighted by atomic mass is 16.1. The van der Waals surface area contributed by atoms with Crippen LogP contribution in [0.4, 0.5) is 0 Å². The molecule has 1 saturated carbocycles. The molecule has 1 aliphatic carbocycles. The third-order valence-corrected chi connectivity index (χ3v) is 4.01. The lowest BCUT2D eigenvalue weighted by Crippen LogP contribution is -2.33. The van der Waals surface area contributed by atoms with Gasteiger partial charge in [0.1, 0.15) is 5.69 Å². The number of hydrogen-bond acceptors (Lipinski definition) is 3. The van der Waals surface area contributed by atoms with Crippen LogP contribution in [0.1, 0.15) is 42.7 Å². The minimum Gasteiger partial charge on any atom is -0.350 e. The molecule has 0 atom stereocenters. The zero-order chi connectivity index (χ0) is 13.2. The van der Waals surface area contributed by atoms with E-state index in [1.54, 1.807) is 12.3 Å². The predicted octanol–water partition coefficient (Wildman–Crippen LogP) is 1.71. The molecule has 98 valence electrons. The molecular formula is C14H21N3O. The Morgan fingerprint density at radius 3 is 2.67 bits per heavy atom. The van der Waals surface area contributed by atoms with E-state index in [1.165, 1.54) is 12.8 Å². The molecule has 1 aromatic rings. The maximum Gasteiger partial charge on any atom is 0.269 e. The minimum absolute atomic E-state index is 0.0921. The molecule has 0 radical (unpaired) electrons. The Labute approximate surface area is 108 Å². The average Bonchev–Trinajstić information content (AvgIpc) is 3.17. The van der Waals surface area contributed by atoms with Gasteiger partial charge in [0, 0.05) is 19.3 Å². The van der Waals surface area contributed by atoms with Crippen LogP contribution in [-0.4, -0.2) is 17.4 Å². The molecule has 1 fully saturated rings. The van der Waals surface area contributed by atoms with Gasteiger partial charge in [-0.05, 0) is 35.8 Å². The number of carbonyl (C=O) groups is 1. The Morgan fingerprint density at radius 1 is 1.50 bits per heavy atom. The normalized spacial score (nSPS) is 16.7. The van der Waals surface area contributed by atoms with Gasteiger partial charge in [-0.1, -0.05) is 19.9 Å². The van der Waals surface area contributed by atoms with Crippen LogP contribution >= 0.6 is 0 Å². The molecule has 4 heteroatoms. The molecule has 1 amide bonds. The Hall–Kier alpha value is -1.42. The number of amides is 1. The fourth-order valence-electron chi connectivity index (χ4n) is 2.15. The summed E-state index contributed by atoms with van der Waals surface area (Å²) in [5, 5.41) is 2.99. The lowest BCUT2D eigenvalue weighted by Gasteiger charge is -2.19. The second kappa shape index (κ2) is 5.06. The quantitative estimate of drug-likeness (QED) is 0.832. The lowest BCUT2D eigenvalue weighted by molar-refractivity contribution is 0.0934.